The van der Waals surface area contributed by atoms with Crippen molar-refractivity contribution in [3.8, 4) is 0 Å². The van der Waals surface area contributed by atoms with E-state index in [0.717, 1.165) is 0 Å². The van der Waals surface area contributed by atoms with Gasteiger partial charge in [-0.05, 0) is 0 Å². The fourth-order valence-corrected chi connectivity index (χ4v) is 0. The predicted molar refractivity (Wildman–Crippen MR) is 0 cm³/mol. The van der Waals surface area contributed by atoms with Crippen molar-refractivity contribution in [2.75, 3.05) is 0 Å². The molecule has 0 N–H and O–H groups in total. The summed E-state index contributed by atoms with van der Waals surface area (Å²) >= 11 is 0. The fraction of sp³-hybridized carbons (Fsp3) is 0. The van der Waals surface area contributed by atoms with E-state index in [1.807, 2.05) is 0 Å². The minimum atomic E-state index is -4.94. The van der Waals surface area contributed by atoms with E-state index in [1.54, 1.807) is 0 Å². The average Bonchev–Trinajstić information content (AvgIpc) is 0.722. The van der Waals surface area contributed by atoms with Gasteiger partial charge in [-0.3, -0.25) is 0 Å². The molecule has 0 atom stereocenters. The van der Waals surface area contributed by atoms with Crippen molar-refractivity contribution in [1.29, 1.82) is 0 Å². The van der Waals surface area contributed by atoms with Crippen LogP contribution in [0.1, 0.15) is 0 Å². The Morgan fingerprint density at radius 3 is 0.857 bits per heavy atom. The molecule has 0 saturated heterocycles. The summed E-state index contributed by atoms with van der Waals surface area (Å²) in [4.78, 5) is 0. The molecule has 0 unspecified atom stereocenters. The van der Waals surface area contributed by atoms with Crippen LogP contribution in [0.5, 0.6) is 0 Å². The van der Waals surface area contributed by atoms with E-state index < -0.39 is 10.2 Å². The Kier molecular flexibility index (Phi) is 15.8. The molecule has 0 spiro atoms. The smallest absolute Gasteiger partial charge is 0.222 e. The molecule has 0 radical (unpaired) electrons. The first-order valence-corrected chi connectivity index (χ1v) is 1.85. The Morgan fingerprint density at radius 1 is 0.857 bits per heavy atom. The molecular formula is ClKO4Zr+4. The SMILES string of the molecule is [K+].[O-][Cl+3]([O-])([O-])[O-].[Zr+4]. The summed E-state index contributed by atoms with van der Waals surface area (Å²) in [6.07, 6.45) is 0. The van der Waals surface area contributed by atoms with E-state index in [1.165, 1.54) is 0 Å². The van der Waals surface area contributed by atoms with E-state index in [2.05, 4.69) is 0 Å². The Hall–Kier alpha value is 2.65. The number of rotatable bonds is 0. The summed E-state index contributed by atoms with van der Waals surface area (Å²) in [6.45, 7) is 0. The normalized spacial score (nSPS) is 8.57. The van der Waals surface area contributed by atoms with Crippen molar-refractivity contribution >= 4 is 0 Å². The Labute approximate surface area is 104 Å². The molecule has 0 rings (SSSR count). The van der Waals surface area contributed by atoms with Crippen LogP contribution in [0.4, 0.5) is 0 Å². The van der Waals surface area contributed by atoms with Crippen molar-refractivity contribution in [3.05, 3.63) is 0 Å². The molecule has 0 aromatic rings. The summed E-state index contributed by atoms with van der Waals surface area (Å²) in [7, 11) is -4.94. The maximum absolute atomic E-state index is 8.49. The average molecular weight is 230 g/mol. The maximum atomic E-state index is 8.49. The third kappa shape index (κ3) is 54.5. The van der Waals surface area contributed by atoms with Crippen molar-refractivity contribution in [2.45, 2.75) is 0 Å². The van der Waals surface area contributed by atoms with Crippen LogP contribution in [0.15, 0.2) is 0 Å². The molecule has 0 amide bonds. The molecule has 0 aliphatic rings. The largest absolute Gasteiger partial charge is 4.00 e. The minimum absolute atomic E-state index is 0. The standard InChI is InChI=1S/ClHO4.K.Zr/c2-1(3,4)5;;/h(H,2,3,4,5);;/q;+1;+4/p-1. The van der Waals surface area contributed by atoms with E-state index in [0.29, 0.717) is 0 Å². The summed E-state index contributed by atoms with van der Waals surface area (Å²) in [5.41, 5.74) is 0. The first-order chi connectivity index (χ1) is 2.00. The molecule has 0 aromatic carbocycles. The summed E-state index contributed by atoms with van der Waals surface area (Å²) in [5, 5.41) is 0. The number of hydrogen-bond acceptors (Lipinski definition) is 4. The number of halogens is 1. The fourth-order valence-electron chi connectivity index (χ4n) is 0. The van der Waals surface area contributed by atoms with Crippen LogP contribution in [0.2, 0.25) is 0 Å². The van der Waals surface area contributed by atoms with Crippen molar-refractivity contribution in [2.24, 2.45) is 0 Å². The maximum Gasteiger partial charge on any atom is 4.00 e. The van der Waals surface area contributed by atoms with Gasteiger partial charge in [0.25, 0.3) is 0 Å². The van der Waals surface area contributed by atoms with Gasteiger partial charge in [0.05, 0.1) is 0 Å². The van der Waals surface area contributed by atoms with Crippen LogP contribution in [0.3, 0.4) is 0 Å². The Morgan fingerprint density at radius 2 is 0.857 bits per heavy atom. The molecule has 7 heteroatoms. The van der Waals surface area contributed by atoms with Crippen molar-refractivity contribution in [1.82, 2.24) is 0 Å². The topological polar surface area (TPSA) is 92.2 Å². The molecule has 0 aliphatic carbocycles. The summed E-state index contributed by atoms with van der Waals surface area (Å²) in [5.74, 6) is 0. The van der Waals surface area contributed by atoms with Gasteiger partial charge in [0, 0.05) is 0 Å². The van der Waals surface area contributed by atoms with Crippen LogP contribution in [0, 0.1) is 10.2 Å². The van der Waals surface area contributed by atoms with Gasteiger partial charge in [-0.1, -0.05) is 0 Å². The van der Waals surface area contributed by atoms with Gasteiger partial charge in [0.15, 0.2) is 0 Å². The van der Waals surface area contributed by atoms with Crippen molar-refractivity contribution in [3.63, 3.8) is 0 Å². The van der Waals surface area contributed by atoms with Gasteiger partial charge < -0.3 is 0 Å². The predicted octanol–water partition coefficient (Wildman–Crippen LogP) is -7.75. The second-order valence-corrected chi connectivity index (χ2v) is 1.13. The van der Waals surface area contributed by atoms with Gasteiger partial charge in [0.1, 0.15) is 0 Å². The van der Waals surface area contributed by atoms with Gasteiger partial charge in [-0.25, -0.2) is 18.6 Å². The van der Waals surface area contributed by atoms with Crippen LogP contribution in [-0.4, -0.2) is 0 Å². The molecule has 0 bridgehead atoms. The van der Waals surface area contributed by atoms with Crippen molar-refractivity contribution < 1.29 is 106 Å². The molecule has 0 heterocycles. The van der Waals surface area contributed by atoms with Crippen LogP contribution in [0.25, 0.3) is 0 Å². The summed E-state index contributed by atoms with van der Waals surface area (Å²) in [6, 6.07) is 0. The Balaban J connectivity index is -0.0000000800. The molecule has 0 fully saturated rings. The van der Waals surface area contributed by atoms with Crippen LogP contribution >= 0.6 is 0 Å². The van der Waals surface area contributed by atoms with E-state index in [4.69, 9.17) is 18.6 Å². The first-order valence-electron chi connectivity index (χ1n) is 0.617. The molecule has 7 heavy (non-hydrogen) atoms. The zero-order chi connectivity index (χ0) is 4.50. The molecular weight excluding hydrogens is 230 g/mol. The zero-order valence-corrected chi connectivity index (χ0v) is 9.85. The summed E-state index contributed by atoms with van der Waals surface area (Å²) < 4.78 is 34.0. The molecule has 32 valence electrons. The molecule has 0 aliphatic heterocycles. The van der Waals surface area contributed by atoms with Gasteiger partial charge in [-0.15, -0.1) is 10.2 Å². The van der Waals surface area contributed by atoms with Crippen LogP contribution in [-0.2, 0) is 26.2 Å². The van der Waals surface area contributed by atoms with Gasteiger partial charge in [0.2, 0.25) is 0 Å². The Bertz CT molecular complexity index is 27.2. The molecule has 0 aromatic heterocycles. The second-order valence-electron chi connectivity index (χ2n) is 0.378. The zero-order valence-electron chi connectivity index (χ0n) is 3.51. The van der Waals surface area contributed by atoms with Gasteiger partial charge in [-0.2, -0.15) is 0 Å². The molecule has 0 saturated carbocycles. The van der Waals surface area contributed by atoms with E-state index in [9.17, 15) is 0 Å². The second kappa shape index (κ2) is 6.77. The van der Waals surface area contributed by atoms with Crippen LogP contribution < -0.4 is 70.0 Å². The molecule has 4 nitrogen and oxygen atoms in total. The van der Waals surface area contributed by atoms with E-state index in [-0.39, 0.29) is 77.6 Å². The quantitative estimate of drug-likeness (QED) is 0.386. The third-order valence-corrected chi connectivity index (χ3v) is 0. The monoisotopic (exact) mass is 228 g/mol. The van der Waals surface area contributed by atoms with Gasteiger partial charge >= 0.3 is 77.6 Å². The number of hydrogen-bond donors (Lipinski definition) is 0. The minimum Gasteiger partial charge on any atom is -0.222 e. The van der Waals surface area contributed by atoms with E-state index >= 15 is 0 Å². The third-order valence-electron chi connectivity index (χ3n) is 0. The first kappa shape index (κ1) is 16.3.